The number of hydrogen-bond acceptors (Lipinski definition) is 3. The Morgan fingerprint density at radius 2 is 1.62 bits per heavy atom. The normalized spacial score (nSPS) is 38.5. The maximum atomic E-state index is 4.96. The molecule has 1 aliphatic heterocycles. The average Bonchev–Trinajstić information content (AvgIpc) is 1.85. The number of rotatable bonds is 0. The molecule has 2 radical (unpaired) electrons. The molecule has 1 aliphatic rings. The van der Waals surface area contributed by atoms with Crippen molar-refractivity contribution in [3.05, 3.63) is 0 Å². The van der Waals surface area contributed by atoms with E-state index in [1.54, 1.807) is 23.5 Å². The van der Waals surface area contributed by atoms with Gasteiger partial charge >= 0.3 is 79.6 Å². The molecule has 2 unspecified atom stereocenters. The van der Waals surface area contributed by atoms with Gasteiger partial charge in [0, 0.05) is 0 Å². The fourth-order valence-corrected chi connectivity index (χ4v) is 6.29. The first-order valence-corrected chi connectivity index (χ1v) is 6.03. The second-order valence-corrected chi connectivity index (χ2v) is 8.19. The Morgan fingerprint density at radius 3 is 1.75 bits per heavy atom. The predicted octanol–water partition coefficient (Wildman–Crippen LogP) is 0.740. The molecule has 0 N–H and O–H groups in total. The molecule has 0 bridgehead atoms. The molecule has 0 aromatic rings. The van der Waals surface area contributed by atoms with E-state index in [9.17, 15) is 0 Å². The summed E-state index contributed by atoms with van der Waals surface area (Å²) in [5.74, 6) is 0. The van der Waals surface area contributed by atoms with E-state index in [1.165, 1.54) is 0 Å². The molecule has 0 aromatic heterocycles. The summed E-state index contributed by atoms with van der Waals surface area (Å²) in [5.41, 5.74) is 0. The van der Waals surface area contributed by atoms with Crippen LogP contribution in [0.3, 0.4) is 0 Å². The fourth-order valence-electron chi connectivity index (χ4n) is 0.329. The van der Waals surface area contributed by atoms with Crippen LogP contribution in [0, 0.1) is 0 Å². The third-order valence-corrected chi connectivity index (χ3v) is 7.37. The van der Waals surface area contributed by atoms with Crippen LogP contribution < -0.4 is 0 Å². The molecule has 5 heteroatoms. The molecular formula is C3H2S3Se2. The molecule has 0 aromatic carbocycles. The Kier molecular flexibility index (Phi) is 3.26. The Hall–Kier alpha value is 1.83. The molecule has 1 fully saturated rings. The topological polar surface area (TPSA) is 0 Å². The Labute approximate surface area is 78.9 Å². The summed E-state index contributed by atoms with van der Waals surface area (Å²) < 4.78 is 2.15. The van der Waals surface area contributed by atoms with Crippen LogP contribution >= 0.6 is 35.7 Å². The molecule has 1 saturated heterocycles. The van der Waals surface area contributed by atoms with Gasteiger partial charge in [-0.05, 0) is 0 Å². The van der Waals surface area contributed by atoms with Gasteiger partial charge in [0.15, 0.2) is 0 Å². The Balaban J connectivity index is 2.51. The van der Waals surface area contributed by atoms with E-state index in [0.29, 0.717) is 8.30 Å². The van der Waals surface area contributed by atoms with Crippen molar-refractivity contribution in [3.8, 4) is 0 Å². The fraction of sp³-hybridized carbons (Fsp3) is 0.667. The molecular weight excluding hydrogens is 290 g/mol. The van der Waals surface area contributed by atoms with Gasteiger partial charge in [-0.1, -0.05) is 0 Å². The van der Waals surface area contributed by atoms with Gasteiger partial charge in [-0.25, -0.2) is 0 Å². The van der Waals surface area contributed by atoms with Gasteiger partial charge in [-0.2, -0.15) is 0 Å². The van der Waals surface area contributed by atoms with Crippen molar-refractivity contribution in [1.82, 2.24) is 0 Å². The second kappa shape index (κ2) is 3.29. The SMILES string of the molecule is S=C1SC([Se])C([Se])S1. The number of hydrogen-bond donors (Lipinski definition) is 0. The third-order valence-electron chi connectivity index (χ3n) is 0.647. The molecule has 0 aliphatic carbocycles. The zero-order chi connectivity index (χ0) is 6.15. The molecule has 0 nitrogen and oxygen atoms in total. The molecule has 44 valence electrons. The van der Waals surface area contributed by atoms with Crippen LogP contribution in [0.5, 0.6) is 0 Å². The zero-order valence-corrected chi connectivity index (χ0v) is 9.57. The standard InChI is InChI=1S/C3H2S3Se2/c4-3-5-1(7)2(8)6-3/h1-2H. The summed E-state index contributed by atoms with van der Waals surface area (Å²) in [7, 11) is 0. The monoisotopic (exact) mass is 294 g/mol. The first-order valence-electron chi connectivity index (χ1n) is 1.89. The van der Waals surface area contributed by atoms with Gasteiger partial charge in [0.25, 0.3) is 0 Å². The molecule has 1 heterocycles. The van der Waals surface area contributed by atoms with Gasteiger partial charge in [0.2, 0.25) is 0 Å². The van der Waals surface area contributed by atoms with Crippen molar-refractivity contribution in [1.29, 1.82) is 0 Å². The van der Waals surface area contributed by atoms with E-state index in [-0.39, 0.29) is 0 Å². The number of thiocarbonyl (C=S) groups is 1. The maximum absolute atomic E-state index is 4.96. The minimum absolute atomic E-state index is 0.549. The van der Waals surface area contributed by atoms with Crippen LogP contribution in [0.15, 0.2) is 0 Å². The summed E-state index contributed by atoms with van der Waals surface area (Å²) in [6.07, 6.45) is 0. The van der Waals surface area contributed by atoms with Crippen molar-refractivity contribution >= 4 is 71.3 Å². The first-order chi connectivity index (χ1) is 3.70. The summed E-state index contributed by atoms with van der Waals surface area (Å²) in [6, 6.07) is 0. The molecule has 1 rings (SSSR count). The van der Waals surface area contributed by atoms with E-state index >= 15 is 0 Å². The molecule has 0 amide bonds. The zero-order valence-electron chi connectivity index (χ0n) is 3.70. The van der Waals surface area contributed by atoms with Gasteiger partial charge in [-0.3, -0.25) is 0 Å². The second-order valence-electron chi connectivity index (χ2n) is 1.22. The van der Waals surface area contributed by atoms with Gasteiger partial charge in [-0.15, -0.1) is 0 Å². The average molecular weight is 292 g/mol. The van der Waals surface area contributed by atoms with E-state index in [1.807, 2.05) is 0 Å². The quantitative estimate of drug-likeness (QED) is 0.477. The summed E-state index contributed by atoms with van der Waals surface area (Å²) in [5, 5.41) is 0. The minimum atomic E-state index is 0.549. The molecule has 0 saturated carbocycles. The van der Waals surface area contributed by atoms with Crippen molar-refractivity contribution in [2.75, 3.05) is 0 Å². The summed E-state index contributed by atoms with van der Waals surface area (Å²) in [4.78, 5) is 0. The van der Waals surface area contributed by atoms with E-state index in [2.05, 4.69) is 32.0 Å². The Bertz CT molecular complexity index is 103. The van der Waals surface area contributed by atoms with Crippen LogP contribution in [0.25, 0.3) is 0 Å². The van der Waals surface area contributed by atoms with Gasteiger partial charge in [0.1, 0.15) is 0 Å². The first kappa shape index (κ1) is 7.93. The van der Waals surface area contributed by atoms with E-state index in [4.69, 9.17) is 12.2 Å². The van der Waals surface area contributed by atoms with Crippen LogP contribution in [-0.4, -0.2) is 43.9 Å². The summed E-state index contributed by atoms with van der Waals surface area (Å²) >= 11 is 14.5. The van der Waals surface area contributed by atoms with E-state index in [0.717, 1.165) is 3.53 Å². The number of thioether (sulfide) groups is 2. The molecule has 8 heavy (non-hydrogen) atoms. The van der Waals surface area contributed by atoms with Crippen molar-refractivity contribution < 1.29 is 0 Å². The van der Waals surface area contributed by atoms with Crippen molar-refractivity contribution in [2.45, 2.75) is 8.30 Å². The van der Waals surface area contributed by atoms with Crippen molar-refractivity contribution in [3.63, 3.8) is 0 Å². The van der Waals surface area contributed by atoms with Crippen LogP contribution in [0.4, 0.5) is 0 Å². The predicted molar refractivity (Wildman–Crippen MR) is 46.9 cm³/mol. The summed E-state index contributed by atoms with van der Waals surface area (Å²) in [6.45, 7) is 0. The molecule has 2 atom stereocenters. The van der Waals surface area contributed by atoms with Gasteiger partial charge in [0.05, 0.1) is 0 Å². The van der Waals surface area contributed by atoms with Gasteiger partial charge < -0.3 is 0 Å². The van der Waals surface area contributed by atoms with Crippen molar-refractivity contribution in [2.24, 2.45) is 0 Å². The van der Waals surface area contributed by atoms with E-state index < -0.39 is 0 Å². The third kappa shape index (κ3) is 1.91. The van der Waals surface area contributed by atoms with Crippen LogP contribution in [-0.2, 0) is 0 Å². The van der Waals surface area contributed by atoms with Crippen LogP contribution in [0.2, 0.25) is 0 Å². The Morgan fingerprint density at radius 1 is 1.25 bits per heavy atom. The molecule has 0 spiro atoms. The van der Waals surface area contributed by atoms with Crippen LogP contribution in [0.1, 0.15) is 0 Å².